The highest BCUT2D eigenvalue weighted by Gasteiger charge is 2.34. The first-order valence-electron chi connectivity index (χ1n) is 7.26. The molecule has 2 N–H and O–H groups in total. The van der Waals surface area contributed by atoms with Gasteiger partial charge >= 0.3 is 0 Å². The van der Waals surface area contributed by atoms with Crippen LogP contribution in [-0.2, 0) is 16.5 Å². The number of methoxy groups -OCH3 is 1. The van der Waals surface area contributed by atoms with Crippen LogP contribution in [-0.4, -0.2) is 58.3 Å². The van der Waals surface area contributed by atoms with Crippen LogP contribution < -0.4 is 10.6 Å². The van der Waals surface area contributed by atoms with E-state index in [4.69, 9.17) is 15.2 Å². The third kappa shape index (κ3) is 2.71. The maximum absolute atomic E-state index is 6.05. The van der Waals surface area contributed by atoms with E-state index in [9.17, 15) is 0 Å². The lowest BCUT2D eigenvalue weighted by atomic mass is 10.1. The van der Waals surface area contributed by atoms with Crippen molar-refractivity contribution in [3.63, 3.8) is 0 Å². The molecule has 0 radical (unpaired) electrons. The predicted molar refractivity (Wildman–Crippen MR) is 83.8 cm³/mol. The highest BCUT2D eigenvalue weighted by atomic mass is 16.5. The molecule has 8 heteroatoms. The number of anilines is 2. The average Bonchev–Trinajstić information content (AvgIpc) is 2.80. The van der Waals surface area contributed by atoms with Gasteiger partial charge in [-0.15, -0.1) is 0 Å². The third-order valence-corrected chi connectivity index (χ3v) is 3.73. The lowest BCUT2D eigenvalue weighted by Gasteiger charge is -2.42. The molecule has 0 bridgehead atoms. The zero-order chi connectivity index (χ0) is 15.9. The van der Waals surface area contributed by atoms with Crippen molar-refractivity contribution in [2.45, 2.75) is 25.6 Å². The summed E-state index contributed by atoms with van der Waals surface area (Å²) < 4.78 is 13.0. The minimum Gasteiger partial charge on any atom is -0.383 e. The summed E-state index contributed by atoms with van der Waals surface area (Å²) in [4.78, 5) is 11.2. The molecule has 1 fully saturated rings. The fraction of sp³-hybridized carbons (Fsp3) is 0.643. The number of aromatic nitrogens is 4. The Kier molecular flexibility index (Phi) is 3.65. The number of nitrogens with zero attached hydrogens (tertiary/aromatic N) is 5. The highest BCUT2D eigenvalue weighted by molar-refractivity contribution is 5.86. The third-order valence-electron chi connectivity index (χ3n) is 3.73. The number of hydrogen-bond acceptors (Lipinski definition) is 7. The molecular formula is C14H22N6O2. The second kappa shape index (κ2) is 5.36. The predicted octanol–water partition coefficient (Wildman–Crippen LogP) is 0.576. The van der Waals surface area contributed by atoms with E-state index >= 15 is 0 Å². The monoisotopic (exact) mass is 306 g/mol. The first-order valence-corrected chi connectivity index (χ1v) is 7.26. The van der Waals surface area contributed by atoms with Gasteiger partial charge in [0.05, 0.1) is 29.9 Å². The van der Waals surface area contributed by atoms with E-state index in [0.717, 1.165) is 11.0 Å². The summed E-state index contributed by atoms with van der Waals surface area (Å²) in [5.41, 5.74) is 6.48. The fourth-order valence-corrected chi connectivity index (χ4v) is 2.89. The molecular weight excluding hydrogens is 284 g/mol. The van der Waals surface area contributed by atoms with Crippen molar-refractivity contribution in [2.24, 2.45) is 7.05 Å². The van der Waals surface area contributed by atoms with Crippen molar-refractivity contribution in [2.75, 3.05) is 37.4 Å². The molecule has 2 aromatic heterocycles. The van der Waals surface area contributed by atoms with Gasteiger partial charge in [-0.25, -0.2) is 0 Å². The van der Waals surface area contributed by atoms with Crippen LogP contribution in [0.25, 0.3) is 11.0 Å². The second-order valence-corrected chi connectivity index (χ2v) is 6.25. The minimum absolute atomic E-state index is 0.0270. The molecule has 0 saturated carbocycles. The molecule has 3 rings (SSSR count). The Morgan fingerprint density at radius 3 is 2.95 bits per heavy atom. The van der Waals surface area contributed by atoms with Crippen molar-refractivity contribution in [3.05, 3.63) is 6.20 Å². The molecule has 1 aliphatic heterocycles. The van der Waals surface area contributed by atoms with E-state index in [0.29, 0.717) is 31.5 Å². The van der Waals surface area contributed by atoms with Gasteiger partial charge in [-0.2, -0.15) is 15.1 Å². The minimum atomic E-state index is -0.305. The van der Waals surface area contributed by atoms with Gasteiger partial charge in [0.1, 0.15) is 5.82 Å². The molecule has 8 nitrogen and oxygen atoms in total. The standard InChI is InChI=1S/C14H22N6O2/c1-14(2)8-20(6-9(22-14)7-21-4)13-17-11(15)10-5-16-19(3)12(10)18-13/h5,9H,6-8H2,1-4H3,(H2,15,17,18)/t9-/m0/s1. The number of fused-ring (bicyclic) bond motifs is 1. The summed E-state index contributed by atoms with van der Waals surface area (Å²) in [7, 11) is 3.51. The van der Waals surface area contributed by atoms with Gasteiger partial charge < -0.3 is 20.1 Å². The van der Waals surface area contributed by atoms with E-state index in [1.807, 2.05) is 20.9 Å². The van der Waals surface area contributed by atoms with E-state index in [2.05, 4.69) is 20.0 Å². The van der Waals surface area contributed by atoms with Gasteiger partial charge in [0.15, 0.2) is 5.65 Å². The number of nitrogens with two attached hydrogens (primary N) is 1. The zero-order valence-corrected chi connectivity index (χ0v) is 13.4. The summed E-state index contributed by atoms with van der Waals surface area (Å²) in [6.07, 6.45) is 1.66. The summed E-state index contributed by atoms with van der Waals surface area (Å²) >= 11 is 0. The van der Waals surface area contributed by atoms with Crippen LogP contribution in [0.3, 0.4) is 0 Å². The number of rotatable bonds is 3. The maximum atomic E-state index is 6.05. The molecule has 0 unspecified atom stereocenters. The topological polar surface area (TPSA) is 91.3 Å². The number of aryl methyl sites for hydroxylation is 1. The molecule has 22 heavy (non-hydrogen) atoms. The smallest absolute Gasteiger partial charge is 0.229 e. The molecule has 1 aliphatic rings. The number of morpholine rings is 1. The van der Waals surface area contributed by atoms with Crippen molar-refractivity contribution in [1.29, 1.82) is 0 Å². The lowest BCUT2D eigenvalue weighted by Crippen LogP contribution is -2.54. The van der Waals surface area contributed by atoms with Crippen LogP contribution in [0.2, 0.25) is 0 Å². The normalized spacial score (nSPS) is 21.5. The van der Waals surface area contributed by atoms with E-state index < -0.39 is 0 Å². The average molecular weight is 306 g/mol. The lowest BCUT2D eigenvalue weighted by molar-refractivity contribution is -0.106. The Morgan fingerprint density at radius 2 is 2.23 bits per heavy atom. The van der Waals surface area contributed by atoms with Gasteiger partial charge in [-0.3, -0.25) is 4.68 Å². The largest absolute Gasteiger partial charge is 0.383 e. The van der Waals surface area contributed by atoms with E-state index in [-0.39, 0.29) is 11.7 Å². The van der Waals surface area contributed by atoms with Crippen molar-refractivity contribution in [1.82, 2.24) is 19.7 Å². The van der Waals surface area contributed by atoms with Gasteiger partial charge in [0.2, 0.25) is 5.95 Å². The first kappa shape index (κ1) is 15.0. The second-order valence-electron chi connectivity index (χ2n) is 6.25. The van der Waals surface area contributed by atoms with Crippen LogP contribution in [0.4, 0.5) is 11.8 Å². The molecule has 120 valence electrons. The molecule has 0 aliphatic carbocycles. The summed E-state index contributed by atoms with van der Waals surface area (Å²) in [5, 5.41) is 4.96. The number of hydrogen-bond donors (Lipinski definition) is 1. The molecule has 0 aromatic carbocycles. The number of nitrogen functional groups attached to an aromatic ring is 1. The van der Waals surface area contributed by atoms with E-state index in [1.165, 1.54) is 0 Å². The quantitative estimate of drug-likeness (QED) is 0.886. The Hall–Kier alpha value is -1.93. The molecule has 0 spiro atoms. The fourth-order valence-electron chi connectivity index (χ4n) is 2.89. The molecule has 1 atom stereocenters. The van der Waals surface area contributed by atoms with E-state index in [1.54, 1.807) is 18.0 Å². The molecule has 3 heterocycles. The highest BCUT2D eigenvalue weighted by Crippen LogP contribution is 2.26. The van der Waals surface area contributed by atoms with Crippen molar-refractivity contribution >= 4 is 22.8 Å². The number of ether oxygens (including phenoxy) is 2. The summed E-state index contributed by atoms with van der Waals surface area (Å²) in [6, 6.07) is 0. The van der Waals surface area contributed by atoms with Crippen LogP contribution in [0.15, 0.2) is 6.20 Å². The first-order chi connectivity index (χ1) is 10.4. The molecule has 1 saturated heterocycles. The summed E-state index contributed by atoms with van der Waals surface area (Å²) in [5.74, 6) is 1.05. The molecule has 2 aromatic rings. The Labute approximate surface area is 129 Å². The maximum Gasteiger partial charge on any atom is 0.229 e. The van der Waals surface area contributed by atoms with Crippen LogP contribution in [0.1, 0.15) is 13.8 Å². The van der Waals surface area contributed by atoms with Gasteiger partial charge in [0.25, 0.3) is 0 Å². The van der Waals surface area contributed by atoms with Gasteiger partial charge in [-0.1, -0.05) is 0 Å². The zero-order valence-electron chi connectivity index (χ0n) is 13.4. The van der Waals surface area contributed by atoms with Gasteiger partial charge in [0, 0.05) is 27.2 Å². The Morgan fingerprint density at radius 1 is 1.45 bits per heavy atom. The van der Waals surface area contributed by atoms with Gasteiger partial charge in [-0.05, 0) is 13.8 Å². The Balaban J connectivity index is 1.96. The van der Waals surface area contributed by atoms with Crippen LogP contribution in [0, 0.1) is 0 Å². The Bertz CT molecular complexity index is 683. The van der Waals surface area contributed by atoms with Crippen LogP contribution >= 0.6 is 0 Å². The van der Waals surface area contributed by atoms with Crippen LogP contribution in [0.5, 0.6) is 0 Å². The summed E-state index contributed by atoms with van der Waals surface area (Å²) in [6.45, 7) is 5.99. The molecule has 0 amide bonds. The SMILES string of the molecule is COC[C@@H]1CN(c2nc(N)c3cnn(C)c3n2)CC(C)(C)O1. The van der Waals surface area contributed by atoms with Crippen molar-refractivity contribution in [3.8, 4) is 0 Å². The van der Waals surface area contributed by atoms with Crippen molar-refractivity contribution < 1.29 is 9.47 Å².